The van der Waals surface area contributed by atoms with Crippen molar-refractivity contribution in [2.75, 3.05) is 7.11 Å². The molecule has 0 radical (unpaired) electrons. The predicted molar refractivity (Wildman–Crippen MR) is 138 cm³/mol. The molecule has 0 saturated heterocycles. The van der Waals surface area contributed by atoms with E-state index in [0.29, 0.717) is 32.5 Å². The fourth-order valence-corrected chi connectivity index (χ4v) is 5.49. The Morgan fingerprint density at radius 3 is 2.27 bits per heavy atom. The summed E-state index contributed by atoms with van der Waals surface area (Å²) < 4.78 is 36.6. The lowest BCUT2D eigenvalue weighted by Crippen LogP contribution is -2.38. The van der Waals surface area contributed by atoms with Gasteiger partial charge in [0.15, 0.2) is 0 Å². The van der Waals surface area contributed by atoms with Crippen LogP contribution in [0.15, 0.2) is 45.3 Å². The molecule has 0 aliphatic heterocycles. The number of aromatic amines is 1. The number of carbonyl (C=O) groups excluding carboxylic acids is 1. The Morgan fingerprint density at radius 2 is 1.76 bits per heavy atom. The molecule has 0 aliphatic carbocycles. The van der Waals surface area contributed by atoms with Gasteiger partial charge in [0.2, 0.25) is 0 Å². The molecule has 0 bridgehead atoms. The van der Waals surface area contributed by atoms with Crippen LogP contribution >= 0.6 is 22.9 Å². The van der Waals surface area contributed by atoms with Crippen LogP contribution in [0.2, 0.25) is 5.15 Å². The smallest absolute Gasteiger partial charge is 0.469 e. The van der Waals surface area contributed by atoms with E-state index in [9.17, 15) is 27.3 Å². The third kappa shape index (κ3) is 5.37. The third-order valence-electron chi connectivity index (χ3n) is 5.95. The maximum Gasteiger partial charge on any atom is 0.762 e. The first-order valence-corrected chi connectivity index (χ1v) is 12.1. The summed E-state index contributed by atoms with van der Waals surface area (Å²) in [5.41, 5.74) is 0.262. The van der Waals surface area contributed by atoms with E-state index in [1.54, 1.807) is 26.3 Å². The number of halogens is 4. The number of esters is 1. The lowest BCUT2D eigenvalue weighted by atomic mass is 9.77. The number of thiazole rings is 1. The van der Waals surface area contributed by atoms with Gasteiger partial charge in [-0.15, -0.1) is 11.3 Å². The number of rotatable bonds is 5. The number of aromatic nitrogens is 4. The zero-order valence-corrected chi connectivity index (χ0v) is 22.1. The second-order valence-electron chi connectivity index (χ2n) is 8.61. The zero-order chi connectivity index (χ0) is 27.7. The van der Waals surface area contributed by atoms with Crippen LogP contribution in [-0.4, -0.2) is 39.7 Å². The molecule has 0 fully saturated rings. The summed E-state index contributed by atoms with van der Waals surface area (Å²) in [7, 11) is 0.707. The first-order chi connectivity index (χ1) is 17.3. The molecule has 1 aromatic carbocycles. The monoisotopic (exact) mass is 554 g/mol. The number of carbonyl (C=O) groups is 1. The largest absolute Gasteiger partial charge is 0.762 e. The molecule has 3 aromatic heterocycles. The molecule has 3 heterocycles. The molecular formula is C23H23BClF3N4O4S. The van der Waals surface area contributed by atoms with Crippen molar-refractivity contribution in [2.24, 2.45) is 19.5 Å². The Morgan fingerprint density at radius 1 is 1.16 bits per heavy atom. The maximum atomic E-state index is 13.3. The standard InChI is InChI=1S/C23H23ClN4O4S.BF3/c1-23(2,21(30)32-5)15(19-25-13(24)11-33-19)17-18-14(20(29)28(4)22(31)27(18)3)16(26-17)12-9-7-6-8-10-12;2-1(3)4/h6-11,15,26H,1-5H3;. The Labute approximate surface area is 218 Å². The Hall–Kier alpha value is -3.32. The summed E-state index contributed by atoms with van der Waals surface area (Å²) in [5.74, 6) is -1.13. The van der Waals surface area contributed by atoms with E-state index in [4.69, 9.17) is 16.3 Å². The molecule has 8 nitrogen and oxygen atoms in total. The maximum absolute atomic E-state index is 13.3. The van der Waals surface area contributed by atoms with Gasteiger partial charge in [0.25, 0.3) is 5.56 Å². The van der Waals surface area contributed by atoms with Gasteiger partial charge in [-0.25, -0.2) is 9.78 Å². The molecule has 0 amide bonds. The van der Waals surface area contributed by atoms with Crippen LogP contribution < -0.4 is 11.2 Å². The summed E-state index contributed by atoms with van der Waals surface area (Å²) in [6.07, 6.45) is 0. The van der Waals surface area contributed by atoms with Crippen molar-refractivity contribution < 1.29 is 22.5 Å². The van der Waals surface area contributed by atoms with Crippen molar-refractivity contribution in [1.29, 1.82) is 0 Å². The van der Waals surface area contributed by atoms with Crippen molar-refractivity contribution in [1.82, 2.24) is 19.1 Å². The topological polar surface area (TPSA) is 99.0 Å². The second kappa shape index (κ2) is 11.0. The second-order valence-corrected chi connectivity index (χ2v) is 9.89. The number of methoxy groups -OCH3 is 1. The molecule has 37 heavy (non-hydrogen) atoms. The van der Waals surface area contributed by atoms with Crippen LogP contribution in [0.5, 0.6) is 0 Å². The summed E-state index contributed by atoms with van der Waals surface area (Å²) in [5, 5.41) is 2.89. The molecule has 1 N–H and O–H groups in total. The average Bonchev–Trinajstić information content (AvgIpc) is 3.45. The van der Waals surface area contributed by atoms with Gasteiger partial charge in [0.05, 0.1) is 40.7 Å². The van der Waals surface area contributed by atoms with Gasteiger partial charge in [0, 0.05) is 19.5 Å². The minimum absolute atomic E-state index is 0.296. The molecular weight excluding hydrogens is 532 g/mol. The van der Waals surface area contributed by atoms with Gasteiger partial charge in [-0.2, -0.15) is 0 Å². The van der Waals surface area contributed by atoms with E-state index in [1.165, 1.54) is 30.1 Å². The lowest BCUT2D eigenvalue weighted by Gasteiger charge is -2.30. The van der Waals surface area contributed by atoms with E-state index < -0.39 is 36.1 Å². The quantitative estimate of drug-likeness (QED) is 0.288. The summed E-state index contributed by atoms with van der Waals surface area (Å²) in [4.78, 5) is 46.9. The minimum atomic E-state index is -3.67. The predicted octanol–water partition coefficient (Wildman–Crippen LogP) is 4.55. The van der Waals surface area contributed by atoms with E-state index in [2.05, 4.69) is 9.97 Å². The molecule has 0 aliphatic rings. The molecule has 14 heteroatoms. The van der Waals surface area contributed by atoms with E-state index in [0.717, 1.165) is 10.1 Å². The van der Waals surface area contributed by atoms with Crippen LogP contribution in [-0.2, 0) is 23.6 Å². The highest BCUT2D eigenvalue weighted by atomic mass is 35.5. The Bertz CT molecular complexity index is 1550. The number of ether oxygens (including phenoxy) is 1. The molecule has 0 spiro atoms. The molecule has 4 rings (SSSR count). The van der Waals surface area contributed by atoms with Crippen LogP contribution in [0.3, 0.4) is 0 Å². The molecule has 196 valence electrons. The van der Waals surface area contributed by atoms with Crippen LogP contribution in [0.25, 0.3) is 22.2 Å². The van der Waals surface area contributed by atoms with Crippen LogP contribution in [0.1, 0.15) is 30.5 Å². The van der Waals surface area contributed by atoms with E-state index in [1.807, 2.05) is 30.3 Å². The van der Waals surface area contributed by atoms with Gasteiger partial charge >= 0.3 is 19.2 Å². The van der Waals surface area contributed by atoms with Gasteiger partial charge in [-0.3, -0.25) is 31.7 Å². The summed E-state index contributed by atoms with van der Waals surface area (Å²) in [6, 6.07) is 9.36. The highest BCUT2D eigenvalue weighted by Gasteiger charge is 2.44. The number of nitrogens with zero attached hydrogens (tertiary/aromatic N) is 3. The SMILES string of the molecule is COC(=O)C(C)(C)C(c1nc(Cl)cs1)c1[nH]c(-c2ccccc2)c2c(=O)n(C)c(=O)n(C)c12.FB(F)F. The van der Waals surface area contributed by atoms with Crippen LogP contribution in [0.4, 0.5) is 12.9 Å². The van der Waals surface area contributed by atoms with Crippen molar-refractivity contribution in [3.05, 3.63) is 72.4 Å². The molecule has 1 unspecified atom stereocenters. The normalized spacial score (nSPS) is 12.1. The Kier molecular flexibility index (Phi) is 8.38. The van der Waals surface area contributed by atoms with E-state index in [-0.39, 0.29) is 0 Å². The minimum Gasteiger partial charge on any atom is -0.469 e. The van der Waals surface area contributed by atoms with Gasteiger partial charge < -0.3 is 9.72 Å². The number of fused-ring (bicyclic) bond motifs is 1. The highest BCUT2D eigenvalue weighted by molar-refractivity contribution is 7.10. The average molecular weight is 555 g/mol. The lowest BCUT2D eigenvalue weighted by molar-refractivity contribution is -0.151. The Balaban J connectivity index is 0.000000886. The van der Waals surface area contributed by atoms with Crippen LogP contribution in [0, 0.1) is 5.41 Å². The highest BCUT2D eigenvalue weighted by Crippen LogP contribution is 2.46. The number of aryl methyl sites for hydroxylation is 1. The first kappa shape index (κ1) is 28.3. The molecule has 0 saturated carbocycles. The van der Waals surface area contributed by atoms with Crippen molar-refractivity contribution in [2.45, 2.75) is 19.8 Å². The number of benzene rings is 1. The number of nitrogens with one attached hydrogen (secondary N) is 1. The molecule has 1 atom stereocenters. The third-order valence-corrected chi connectivity index (χ3v) is 7.19. The van der Waals surface area contributed by atoms with Crippen molar-refractivity contribution in [3.8, 4) is 11.3 Å². The number of hydrogen-bond acceptors (Lipinski definition) is 6. The number of hydrogen-bond donors (Lipinski definition) is 1. The number of H-pyrrole nitrogens is 1. The summed E-state index contributed by atoms with van der Waals surface area (Å²) >= 11 is 7.44. The molecule has 4 aromatic rings. The van der Waals surface area contributed by atoms with Gasteiger partial charge in [0.1, 0.15) is 10.2 Å². The summed E-state index contributed by atoms with van der Waals surface area (Å²) in [6.45, 7) is 3.49. The fraction of sp³-hybridized carbons (Fsp3) is 0.304. The van der Waals surface area contributed by atoms with E-state index >= 15 is 0 Å². The zero-order valence-electron chi connectivity index (χ0n) is 20.5. The van der Waals surface area contributed by atoms with Crippen molar-refractivity contribution in [3.63, 3.8) is 0 Å². The van der Waals surface area contributed by atoms with Gasteiger partial charge in [-0.05, 0) is 19.4 Å². The van der Waals surface area contributed by atoms with Crippen molar-refractivity contribution >= 4 is 47.4 Å². The van der Waals surface area contributed by atoms with Gasteiger partial charge in [-0.1, -0.05) is 41.9 Å². The first-order valence-electron chi connectivity index (χ1n) is 10.8. The fourth-order valence-electron chi connectivity index (χ4n) is 4.24.